The number of hydrogen-bond donors (Lipinski definition) is 0. The van der Waals surface area contributed by atoms with E-state index in [1.54, 1.807) is 0 Å². The minimum absolute atomic E-state index is 0. The van der Waals surface area contributed by atoms with Gasteiger partial charge in [0.25, 0.3) is 0 Å². The first-order valence-corrected chi connectivity index (χ1v) is 8.56. The third-order valence-corrected chi connectivity index (χ3v) is 3.62. The Hall–Kier alpha value is 0.337. The Labute approximate surface area is 135 Å². The van der Waals surface area contributed by atoms with Crippen LogP contribution in [-0.2, 0) is 0 Å². The topological polar surface area (TPSA) is 0 Å². The van der Waals surface area contributed by atoms with Gasteiger partial charge in [-0.3, -0.25) is 0 Å². The standard InChI is InChI=1S/C18H36.Li.H/c1-3-5-7-9-11-13-15-17-18-16-14-12-10-8-6-4-2;;/h17-18H,3-16H2,1-2H3;;/b18-17-;;. The van der Waals surface area contributed by atoms with Crippen LogP contribution in [0, 0.1) is 0 Å². The SMILES string of the molecule is CCCCCCCC/C=C\CCCCCCCC.[LiH]. The van der Waals surface area contributed by atoms with E-state index in [-0.39, 0.29) is 18.9 Å². The number of allylic oxidation sites excluding steroid dienone is 2. The maximum atomic E-state index is 2.41. The normalized spacial score (nSPS) is 10.8. The summed E-state index contributed by atoms with van der Waals surface area (Å²) in [6.45, 7) is 4.57. The molecule has 0 nitrogen and oxygen atoms in total. The first-order chi connectivity index (χ1) is 8.91. The van der Waals surface area contributed by atoms with Crippen LogP contribution in [0.3, 0.4) is 0 Å². The average molecular weight is 260 g/mol. The fraction of sp³-hybridized carbons (Fsp3) is 0.889. The molecule has 19 heavy (non-hydrogen) atoms. The van der Waals surface area contributed by atoms with E-state index in [1.807, 2.05) is 0 Å². The fourth-order valence-electron chi connectivity index (χ4n) is 2.32. The van der Waals surface area contributed by atoms with Crippen molar-refractivity contribution in [1.29, 1.82) is 0 Å². The van der Waals surface area contributed by atoms with Crippen LogP contribution in [0.4, 0.5) is 0 Å². The Bertz CT molecular complexity index is 145. The summed E-state index contributed by atoms with van der Waals surface area (Å²) in [6, 6.07) is 0. The molecule has 0 amide bonds. The van der Waals surface area contributed by atoms with Crippen LogP contribution in [0.5, 0.6) is 0 Å². The molecule has 0 heterocycles. The van der Waals surface area contributed by atoms with E-state index >= 15 is 0 Å². The second kappa shape index (κ2) is 20.7. The number of hydrogen-bond acceptors (Lipinski definition) is 0. The molecule has 0 aromatic carbocycles. The summed E-state index contributed by atoms with van der Waals surface area (Å²) >= 11 is 0. The van der Waals surface area contributed by atoms with Gasteiger partial charge in [-0.15, -0.1) is 0 Å². The molecule has 0 radical (unpaired) electrons. The average Bonchev–Trinajstić information content (AvgIpc) is 2.39. The molecule has 0 N–H and O–H groups in total. The van der Waals surface area contributed by atoms with Crippen molar-refractivity contribution < 1.29 is 0 Å². The van der Waals surface area contributed by atoms with Gasteiger partial charge in [-0.1, -0.05) is 90.2 Å². The van der Waals surface area contributed by atoms with E-state index in [1.165, 1.54) is 89.9 Å². The van der Waals surface area contributed by atoms with Crippen molar-refractivity contribution >= 4 is 18.9 Å². The van der Waals surface area contributed by atoms with Gasteiger partial charge < -0.3 is 0 Å². The van der Waals surface area contributed by atoms with E-state index in [0.717, 1.165) is 0 Å². The van der Waals surface area contributed by atoms with E-state index in [2.05, 4.69) is 26.0 Å². The van der Waals surface area contributed by atoms with Crippen LogP contribution in [0.1, 0.15) is 104 Å². The summed E-state index contributed by atoms with van der Waals surface area (Å²) in [6.07, 6.45) is 24.4. The van der Waals surface area contributed by atoms with Crippen molar-refractivity contribution in [3.05, 3.63) is 12.2 Å². The second-order valence-corrected chi connectivity index (χ2v) is 5.58. The summed E-state index contributed by atoms with van der Waals surface area (Å²) in [4.78, 5) is 0. The van der Waals surface area contributed by atoms with Gasteiger partial charge in [0.2, 0.25) is 0 Å². The molecule has 1 heteroatoms. The van der Waals surface area contributed by atoms with Crippen molar-refractivity contribution in [3.63, 3.8) is 0 Å². The monoisotopic (exact) mass is 260 g/mol. The zero-order valence-corrected chi connectivity index (χ0v) is 13.1. The molecule has 0 aliphatic rings. The molecule has 0 saturated heterocycles. The van der Waals surface area contributed by atoms with Crippen LogP contribution < -0.4 is 0 Å². The molecule has 0 aliphatic heterocycles. The van der Waals surface area contributed by atoms with Crippen LogP contribution in [0.2, 0.25) is 0 Å². The van der Waals surface area contributed by atoms with Gasteiger partial charge in [0.15, 0.2) is 0 Å². The van der Waals surface area contributed by atoms with Gasteiger partial charge in [0, 0.05) is 0 Å². The summed E-state index contributed by atoms with van der Waals surface area (Å²) < 4.78 is 0. The summed E-state index contributed by atoms with van der Waals surface area (Å²) in [7, 11) is 0. The van der Waals surface area contributed by atoms with E-state index in [0.29, 0.717) is 0 Å². The van der Waals surface area contributed by atoms with E-state index in [4.69, 9.17) is 0 Å². The summed E-state index contributed by atoms with van der Waals surface area (Å²) in [5.74, 6) is 0. The second-order valence-electron chi connectivity index (χ2n) is 5.58. The van der Waals surface area contributed by atoms with Gasteiger partial charge in [-0.05, 0) is 25.7 Å². The molecule has 0 aliphatic carbocycles. The Morgan fingerprint density at radius 2 is 0.789 bits per heavy atom. The van der Waals surface area contributed by atoms with Crippen LogP contribution in [0.25, 0.3) is 0 Å². The molecule has 0 unspecified atom stereocenters. The molecule has 0 fully saturated rings. The number of unbranched alkanes of at least 4 members (excludes halogenated alkanes) is 12. The van der Waals surface area contributed by atoms with Gasteiger partial charge in [-0.2, -0.15) is 0 Å². The Balaban J connectivity index is 0. The molecule has 0 aromatic rings. The zero-order chi connectivity index (χ0) is 13.3. The van der Waals surface area contributed by atoms with Gasteiger partial charge >= 0.3 is 18.9 Å². The fourth-order valence-corrected chi connectivity index (χ4v) is 2.32. The molecular formula is C18H37Li. The van der Waals surface area contributed by atoms with Crippen molar-refractivity contribution in [3.8, 4) is 0 Å². The Morgan fingerprint density at radius 1 is 0.474 bits per heavy atom. The minimum atomic E-state index is 0. The number of rotatable bonds is 14. The van der Waals surface area contributed by atoms with Gasteiger partial charge in [0.1, 0.15) is 0 Å². The predicted molar refractivity (Wildman–Crippen MR) is 92.3 cm³/mol. The van der Waals surface area contributed by atoms with Gasteiger partial charge in [-0.25, -0.2) is 0 Å². The van der Waals surface area contributed by atoms with Crippen LogP contribution in [-0.4, -0.2) is 18.9 Å². The molecule has 0 saturated carbocycles. The quantitative estimate of drug-likeness (QED) is 0.193. The first kappa shape index (κ1) is 21.6. The third kappa shape index (κ3) is 20.8. The van der Waals surface area contributed by atoms with Crippen molar-refractivity contribution in [1.82, 2.24) is 0 Å². The van der Waals surface area contributed by atoms with Crippen molar-refractivity contribution in [2.45, 2.75) is 104 Å². The molecule has 110 valence electrons. The van der Waals surface area contributed by atoms with Crippen molar-refractivity contribution in [2.75, 3.05) is 0 Å². The van der Waals surface area contributed by atoms with Gasteiger partial charge in [0.05, 0.1) is 0 Å². The molecule has 0 atom stereocenters. The van der Waals surface area contributed by atoms with Crippen molar-refractivity contribution in [2.24, 2.45) is 0 Å². The van der Waals surface area contributed by atoms with Crippen LogP contribution in [0.15, 0.2) is 12.2 Å². The maximum absolute atomic E-state index is 2.41. The molecule has 0 spiro atoms. The molecule has 0 bridgehead atoms. The third-order valence-electron chi connectivity index (χ3n) is 3.62. The predicted octanol–water partition coefficient (Wildman–Crippen LogP) is 6.40. The first-order valence-electron chi connectivity index (χ1n) is 8.56. The van der Waals surface area contributed by atoms with E-state index < -0.39 is 0 Å². The Kier molecular flexibility index (Phi) is 23.5. The van der Waals surface area contributed by atoms with E-state index in [9.17, 15) is 0 Å². The summed E-state index contributed by atoms with van der Waals surface area (Å²) in [5, 5.41) is 0. The molecule has 0 aromatic heterocycles. The summed E-state index contributed by atoms with van der Waals surface area (Å²) in [5.41, 5.74) is 0. The Morgan fingerprint density at radius 3 is 1.16 bits per heavy atom. The zero-order valence-electron chi connectivity index (χ0n) is 13.1. The van der Waals surface area contributed by atoms with Crippen LogP contribution >= 0.6 is 0 Å². The molecular weight excluding hydrogens is 223 g/mol. The molecule has 0 rings (SSSR count).